The fourth-order valence-electron chi connectivity index (χ4n) is 1.45. The van der Waals surface area contributed by atoms with Crippen LogP contribution >= 0.6 is 49.9 Å². The van der Waals surface area contributed by atoms with Crippen LogP contribution in [0.15, 0.2) is 32.7 Å². The van der Waals surface area contributed by atoms with Crippen molar-refractivity contribution in [3.63, 3.8) is 0 Å². The molecule has 3 heterocycles. The van der Waals surface area contributed by atoms with Crippen LogP contribution < -0.4 is 0 Å². The van der Waals surface area contributed by atoms with E-state index in [4.69, 9.17) is 0 Å². The second-order valence-corrected chi connectivity index (χ2v) is 6.85. The second kappa shape index (κ2) is 4.07. The zero-order valence-electron chi connectivity index (χ0n) is 7.90. The van der Waals surface area contributed by atoms with E-state index in [1.54, 1.807) is 22.7 Å². The smallest absolute Gasteiger partial charge is 0.204 e. The molecule has 80 valence electrons. The Hall–Kier alpha value is -0.490. The summed E-state index contributed by atoms with van der Waals surface area (Å²) in [5.41, 5.74) is 0.763. The molecule has 0 aromatic carbocycles. The molecule has 0 amide bonds. The molecule has 3 aromatic heterocycles. The molecular weight excluding hydrogens is 324 g/mol. The highest BCUT2D eigenvalue weighted by Crippen LogP contribution is 2.33. The third kappa shape index (κ3) is 1.68. The van der Waals surface area contributed by atoms with Crippen LogP contribution in [0.4, 0.5) is 0 Å². The van der Waals surface area contributed by atoms with Crippen molar-refractivity contribution in [2.45, 2.75) is 0 Å². The predicted molar refractivity (Wildman–Crippen MR) is 75.2 cm³/mol. The van der Waals surface area contributed by atoms with E-state index in [1.165, 1.54) is 20.7 Å². The van der Waals surface area contributed by atoms with Gasteiger partial charge in [-0.25, -0.2) is 0 Å². The number of hydrogen-bond donors (Lipinski definition) is 0. The maximum atomic E-state index is 12.2. The van der Waals surface area contributed by atoms with Crippen molar-refractivity contribution in [1.29, 1.82) is 0 Å². The van der Waals surface area contributed by atoms with Gasteiger partial charge in [0, 0.05) is 30.2 Å². The molecule has 0 radical (unpaired) electrons. The molecular formula is C11H5BrOS3. The molecule has 0 aliphatic rings. The lowest BCUT2D eigenvalue weighted by atomic mass is 10.2. The van der Waals surface area contributed by atoms with E-state index in [-0.39, 0.29) is 5.78 Å². The molecule has 3 rings (SSSR count). The monoisotopic (exact) mass is 328 g/mol. The summed E-state index contributed by atoms with van der Waals surface area (Å²) in [7, 11) is 0. The van der Waals surface area contributed by atoms with E-state index < -0.39 is 0 Å². The number of halogens is 1. The van der Waals surface area contributed by atoms with Crippen LogP contribution in [-0.2, 0) is 0 Å². The third-order valence-electron chi connectivity index (χ3n) is 2.22. The van der Waals surface area contributed by atoms with Crippen molar-refractivity contribution in [2.24, 2.45) is 0 Å². The van der Waals surface area contributed by atoms with Gasteiger partial charge in [0.05, 0.1) is 4.88 Å². The Labute approximate surface area is 112 Å². The minimum Gasteiger partial charge on any atom is -0.288 e. The predicted octanol–water partition coefficient (Wildman–Crippen LogP) is 5.02. The number of fused-ring (bicyclic) bond motifs is 1. The minimum absolute atomic E-state index is 0.113. The maximum Gasteiger partial charge on any atom is 0.204 e. The third-order valence-corrected chi connectivity index (χ3v) is 6.02. The van der Waals surface area contributed by atoms with Crippen molar-refractivity contribution < 1.29 is 4.79 Å². The van der Waals surface area contributed by atoms with Crippen molar-refractivity contribution in [3.8, 4) is 0 Å². The van der Waals surface area contributed by atoms with Crippen molar-refractivity contribution >= 4 is 65.1 Å². The fraction of sp³-hybridized carbons (Fsp3) is 0. The van der Waals surface area contributed by atoms with Crippen molar-refractivity contribution in [1.82, 2.24) is 0 Å². The fourth-order valence-corrected chi connectivity index (χ4v) is 4.97. The summed E-state index contributed by atoms with van der Waals surface area (Å²) >= 11 is 8.17. The Morgan fingerprint density at radius 1 is 1.25 bits per heavy atom. The van der Waals surface area contributed by atoms with E-state index in [1.807, 2.05) is 16.8 Å². The summed E-state index contributed by atoms with van der Waals surface area (Å²) in [5, 5.41) is 5.87. The Bertz CT molecular complexity index is 633. The van der Waals surface area contributed by atoms with Gasteiger partial charge in [0.2, 0.25) is 5.78 Å². The van der Waals surface area contributed by atoms with Gasteiger partial charge in [-0.3, -0.25) is 4.79 Å². The highest BCUT2D eigenvalue weighted by atomic mass is 79.9. The minimum atomic E-state index is 0.113. The average Bonchev–Trinajstić information content (AvgIpc) is 2.89. The SMILES string of the molecule is O=C(c1cc2sccc2s1)c1cscc1Br. The first-order valence-corrected chi connectivity index (χ1v) is 7.92. The van der Waals surface area contributed by atoms with Gasteiger partial charge >= 0.3 is 0 Å². The van der Waals surface area contributed by atoms with Crippen LogP contribution in [-0.4, -0.2) is 5.78 Å². The summed E-state index contributed by atoms with van der Waals surface area (Å²) in [6.45, 7) is 0. The first-order valence-electron chi connectivity index (χ1n) is 4.49. The number of hydrogen-bond acceptors (Lipinski definition) is 4. The van der Waals surface area contributed by atoms with E-state index in [9.17, 15) is 4.79 Å². The molecule has 0 aliphatic heterocycles. The number of carbonyl (C=O) groups is 1. The van der Waals surface area contributed by atoms with Crippen LogP contribution in [0.3, 0.4) is 0 Å². The molecule has 0 spiro atoms. The highest BCUT2D eigenvalue weighted by molar-refractivity contribution is 9.10. The average molecular weight is 329 g/mol. The number of thiophene rings is 3. The molecule has 0 atom stereocenters. The molecule has 0 saturated heterocycles. The van der Waals surface area contributed by atoms with Crippen LogP contribution in [0.25, 0.3) is 9.40 Å². The van der Waals surface area contributed by atoms with Crippen LogP contribution in [0.1, 0.15) is 15.2 Å². The molecule has 1 nitrogen and oxygen atoms in total. The van der Waals surface area contributed by atoms with Crippen molar-refractivity contribution in [2.75, 3.05) is 0 Å². The Morgan fingerprint density at radius 2 is 2.12 bits per heavy atom. The van der Waals surface area contributed by atoms with Gasteiger partial charge in [0.15, 0.2) is 0 Å². The Balaban J connectivity index is 2.08. The molecule has 0 N–H and O–H groups in total. The molecule has 0 aliphatic carbocycles. The lowest BCUT2D eigenvalue weighted by Crippen LogP contribution is -1.96. The van der Waals surface area contributed by atoms with Gasteiger partial charge in [0.1, 0.15) is 0 Å². The molecule has 3 aromatic rings. The van der Waals surface area contributed by atoms with Gasteiger partial charge in [-0.2, -0.15) is 11.3 Å². The lowest BCUT2D eigenvalue weighted by molar-refractivity contribution is 0.104. The number of carbonyl (C=O) groups excluding carboxylic acids is 1. The topological polar surface area (TPSA) is 17.1 Å². The Kier molecular flexibility index (Phi) is 2.71. The van der Waals surface area contributed by atoms with Gasteiger partial charge in [-0.1, -0.05) is 0 Å². The van der Waals surface area contributed by atoms with Crippen LogP contribution in [0.2, 0.25) is 0 Å². The number of ketones is 1. The summed E-state index contributed by atoms with van der Waals surface area (Å²) in [5.74, 6) is 0.113. The standard InChI is InChI=1S/C11H5BrOS3/c12-7-5-14-4-6(7)11(13)10-3-9-8(16-10)1-2-15-9/h1-5H. The van der Waals surface area contributed by atoms with Gasteiger partial charge in [0.25, 0.3) is 0 Å². The van der Waals surface area contributed by atoms with Gasteiger partial charge < -0.3 is 0 Å². The molecule has 0 bridgehead atoms. The maximum absolute atomic E-state index is 12.2. The molecule has 0 unspecified atom stereocenters. The Morgan fingerprint density at radius 3 is 2.81 bits per heavy atom. The van der Waals surface area contributed by atoms with Crippen molar-refractivity contribution in [3.05, 3.63) is 43.2 Å². The summed E-state index contributed by atoms with van der Waals surface area (Å²) in [6, 6.07) is 4.04. The van der Waals surface area contributed by atoms with Gasteiger partial charge in [-0.15, -0.1) is 22.7 Å². The second-order valence-electron chi connectivity index (χ2n) is 3.22. The van der Waals surface area contributed by atoms with E-state index >= 15 is 0 Å². The molecule has 5 heteroatoms. The van der Waals surface area contributed by atoms with Crippen LogP contribution in [0, 0.1) is 0 Å². The lowest BCUT2D eigenvalue weighted by Gasteiger charge is -1.93. The summed E-state index contributed by atoms with van der Waals surface area (Å²) < 4.78 is 3.28. The van der Waals surface area contributed by atoms with Crippen LogP contribution in [0.5, 0.6) is 0 Å². The first-order chi connectivity index (χ1) is 7.75. The number of rotatable bonds is 2. The summed E-state index contributed by atoms with van der Waals surface area (Å²) in [6.07, 6.45) is 0. The summed E-state index contributed by atoms with van der Waals surface area (Å²) in [4.78, 5) is 13.0. The highest BCUT2D eigenvalue weighted by Gasteiger charge is 2.16. The van der Waals surface area contributed by atoms with Gasteiger partial charge in [-0.05, 0) is 33.4 Å². The zero-order chi connectivity index (χ0) is 11.1. The normalized spacial score (nSPS) is 11.1. The van der Waals surface area contributed by atoms with E-state index in [0.717, 1.165) is 14.9 Å². The molecule has 0 saturated carbocycles. The van der Waals surface area contributed by atoms with E-state index in [2.05, 4.69) is 27.4 Å². The molecule has 0 fully saturated rings. The quantitative estimate of drug-likeness (QED) is 0.604. The largest absolute Gasteiger partial charge is 0.288 e. The van der Waals surface area contributed by atoms with E-state index in [0.29, 0.717) is 0 Å². The molecule has 16 heavy (non-hydrogen) atoms. The zero-order valence-corrected chi connectivity index (χ0v) is 11.9. The first kappa shape index (κ1) is 10.7.